The van der Waals surface area contributed by atoms with Gasteiger partial charge in [0.05, 0.1) is 6.10 Å². The van der Waals surface area contributed by atoms with Gasteiger partial charge in [-0.05, 0) is 18.6 Å². The molecule has 0 aliphatic carbocycles. The molecule has 0 amide bonds. The monoisotopic (exact) mass is 156 g/mol. The lowest BCUT2D eigenvalue weighted by atomic mass is 10.2. The highest BCUT2D eigenvalue weighted by atomic mass is 35.5. The zero-order chi connectivity index (χ0) is 7.56. The van der Waals surface area contributed by atoms with Gasteiger partial charge in [0.1, 0.15) is 5.15 Å². The van der Waals surface area contributed by atoms with Gasteiger partial charge in [0.15, 0.2) is 0 Å². The number of hydrogen-bond donors (Lipinski definition) is 1. The summed E-state index contributed by atoms with van der Waals surface area (Å²) < 4.78 is 0. The first kappa shape index (κ1) is 7.51. The van der Waals surface area contributed by atoms with E-state index < -0.39 is 6.10 Å². The van der Waals surface area contributed by atoms with Crippen LogP contribution in [0.3, 0.4) is 0 Å². The zero-order valence-electron chi connectivity index (χ0n) is 5.29. The summed E-state index contributed by atoms with van der Waals surface area (Å²) in [6, 6.07) is 3.30. The van der Waals surface area contributed by atoms with Crippen LogP contribution in [0.5, 0.6) is 0 Å². The highest BCUT2D eigenvalue weighted by Gasteiger charge is 1.98. The van der Waals surface area contributed by atoms with Gasteiger partial charge in [-0.25, -0.2) is 4.98 Å². The average molecular weight is 157 g/mol. The second-order valence-corrected chi connectivity index (χ2v) is 2.32. The lowest BCUT2D eigenvalue weighted by molar-refractivity contribution is 0.225. The smallest absolute Gasteiger partial charge is 0.129 e. The van der Waals surface area contributed by atoms with E-state index >= 15 is 0 Å². The predicted octanol–water partition coefficient (Wildman–Crippen LogP) is 1.60. The number of pyridine rings is 1. The van der Waals surface area contributed by atoms with E-state index in [-0.39, 0.29) is 0 Å². The molecule has 0 saturated carbocycles. The van der Waals surface area contributed by atoms with Gasteiger partial charge in [0.25, 0.3) is 0 Å². The maximum absolute atomic E-state index is 8.92. The minimum Gasteiger partial charge on any atom is -0.388 e. The molecule has 0 aromatic carbocycles. The molecule has 0 aliphatic rings. The molecule has 0 aliphatic heterocycles. The number of nitrogens with zero attached hydrogens (tertiary/aromatic N) is 1. The second kappa shape index (κ2) is 2.99. The Bertz CT molecular complexity index is 207. The molecule has 1 heterocycles. The zero-order valence-corrected chi connectivity index (χ0v) is 6.04. The fraction of sp³-hybridized carbons (Fsp3) is 0.143. The second-order valence-electron chi connectivity index (χ2n) is 1.93. The lowest BCUT2D eigenvalue weighted by Crippen LogP contribution is -1.91. The quantitative estimate of drug-likeness (QED) is 0.627. The molecular weight excluding hydrogens is 150 g/mol. The molecule has 3 heteroatoms. The Hall–Kier alpha value is -0.600. The van der Waals surface area contributed by atoms with Gasteiger partial charge in [-0.15, -0.1) is 0 Å². The molecule has 53 valence electrons. The Kier molecular flexibility index (Phi) is 2.25. The molecular formula is C7H7ClNO. The maximum atomic E-state index is 8.92. The molecule has 0 unspecified atom stereocenters. The third-order valence-electron chi connectivity index (χ3n) is 1.14. The van der Waals surface area contributed by atoms with Crippen molar-refractivity contribution in [2.75, 3.05) is 0 Å². The van der Waals surface area contributed by atoms with Crippen molar-refractivity contribution in [2.45, 2.75) is 6.10 Å². The van der Waals surface area contributed by atoms with Crippen molar-refractivity contribution in [1.29, 1.82) is 0 Å². The summed E-state index contributed by atoms with van der Waals surface area (Å²) >= 11 is 5.50. The molecule has 0 fully saturated rings. The summed E-state index contributed by atoms with van der Waals surface area (Å²) in [5, 5.41) is 9.34. The summed E-state index contributed by atoms with van der Waals surface area (Å²) in [6.45, 7) is 3.41. The maximum Gasteiger partial charge on any atom is 0.129 e. The Balaban J connectivity index is 2.89. The van der Waals surface area contributed by atoms with E-state index in [1.54, 1.807) is 12.1 Å². The Morgan fingerprint density at radius 1 is 1.60 bits per heavy atom. The summed E-state index contributed by atoms with van der Waals surface area (Å²) in [5.74, 6) is 0. The van der Waals surface area contributed by atoms with Crippen molar-refractivity contribution in [1.82, 2.24) is 4.98 Å². The molecule has 1 aromatic heterocycles. The fourth-order valence-corrected chi connectivity index (χ4v) is 0.696. The predicted molar refractivity (Wildman–Crippen MR) is 39.6 cm³/mol. The molecule has 10 heavy (non-hydrogen) atoms. The van der Waals surface area contributed by atoms with Crippen molar-refractivity contribution in [2.24, 2.45) is 0 Å². The molecule has 1 N–H and O–H groups in total. The van der Waals surface area contributed by atoms with Gasteiger partial charge in [0, 0.05) is 6.20 Å². The van der Waals surface area contributed by atoms with Crippen molar-refractivity contribution in [3.05, 3.63) is 36.0 Å². The van der Waals surface area contributed by atoms with Crippen LogP contribution in [0, 0.1) is 6.92 Å². The topological polar surface area (TPSA) is 33.1 Å². The van der Waals surface area contributed by atoms with E-state index in [0.717, 1.165) is 0 Å². The van der Waals surface area contributed by atoms with Crippen molar-refractivity contribution in [3.8, 4) is 0 Å². The molecule has 2 nitrogen and oxygen atoms in total. The van der Waals surface area contributed by atoms with Crippen LogP contribution >= 0.6 is 11.6 Å². The van der Waals surface area contributed by atoms with Gasteiger partial charge in [-0.3, -0.25) is 0 Å². The molecule has 0 bridgehead atoms. The number of halogens is 1. The highest BCUT2D eigenvalue weighted by molar-refractivity contribution is 6.29. The van der Waals surface area contributed by atoms with E-state index in [9.17, 15) is 0 Å². The number of aliphatic hydroxyl groups excluding tert-OH is 1. The van der Waals surface area contributed by atoms with Crippen LogP contribution in [0.15, 0.2) is 18.3 Å². The standard InChI is InChI=1S/C7H7ClNO/c1-5(10)6-2-3-7(8)9-4-6/h2-5,10H,1H2/t5-/m1/s1. The number of hydrogen-bond acceptors (Lipinski definition) is 2. The fourth-order valence-electron chi connectivity index (χ4n) is 0.584. The Labute approximate surface area is 64.5 Å². The van der Waals surface area contributed by atoms with E-state index in [1.807, 2.05) is 0 Å². The lowest BCUT2D eigenvalue weighted by Gasteiger charge is -2.01. The number of rotatable bonds is 1. The molecule has 0 saturated heterocycles. The van der Waals surface area contributed by atoms with Crippen molar-refractivity contribution in [3.63, 3.8) is 0 Å². The normalized spacial score (nSPS) is 13.1. The van der Waals surface area contributed by atoms with Crippen LogP contribution in [0.25, 0.3) is 0 Å². The van der Waals surface area contributed by atoms with Gasteiger partial charge < -0.3 is 5.11 Å². The van der Waals surface area contributed by atoms with Crippen LogP contribution in [0.2, 0.25) is 5.15 Å². The van der Waals surface area contributed by atoms with E-state index in [0.29, 0.717) is 10.7 Å². The number of aromatic nitrogens is 1. The third-order valence-corrected chi connectivity index (χ3v) is 1.36. The first-order valence-electron chi connectivity index (χ1n) is 2.83. The minimum absolute atomic E-state index is 0.421. The van der Waals surface area contributed by atoms with E-state index in [1.165, 1.54) is 6.20 Å². The third kappa shape index (κ3) is 1.69. The van der Waals surface area contributed by atoms with E-state index in [4.69, 9.17) is 16.7 Å². The first-order valence-corrected chi connectivity index (χ1v) is 3.20. The van der Waals surface area contributed by atoms with Gasteiger partial charge >= 0.3 is 0 Å². The largest absolute Gasteiger partial charge is 0.388 e. The molecule has 1 aromatic rings. The van der Waals surface area contributed by atoms with Gasteiger partial charge in [-0.1, -0.05) is 17.7 Å². The summed E-state index contributed by atoms with van der Waals surface area (Å²) in [5.41, 5.74) is 0.671. The summed E-state index contributed by atoms with van der Waals surface area (Å²) in [6.07, 6.45) is 0.782. The first-order chi connectivity index (χ1) is 4.70. The molecule has 1 atom stereocenters. The van der Waals surface area contributed by atoms with Crippen molar-refractivity contribution < 1.29 is 5.11 Å². The van der Waals surface area contributed by atoms with Gasteiger partial charge in [-0.2, -0.15) is 0 Å². The van der Waals surface area contributed by atoms with E-state index in [2.05, 4.69) is 11.9 Å². The highest BCUT2D eigenvalue weighted by Crippen LogP contribution is 2.11. The van der Waals surface area contributed by atoms with Crippen LogP contribution < -0.4 is 0 Å². The summed E-state index contributed by atoms with van der Waals surface area (Å²) in [7, 11) is 0. The minimum atomic E-state index is -0.718. The van der Waals surface area contributed by atoms with Crippen LogP contribution in [-0.4, -0.2) is 10.1 Å². The average Bonchev–Trinajstić information content (AvgIpc) is 1.88. The van der Waals surface area contributed by atoms with Gasteiger partial charge in [0.2, 0.25) is 0 Å². The molecule has 1 rings (SSSR count). The Morgan fingerprint density at radius 3 is 2.70 bits per heavy atom. The van der Waals surface area contributed by atoms with Crippen molar-refractivity contribution >= 4 is 11.6 Å². The molecule has 0 spiro atoms. The number of aliphatic hydroxyl groups is 1. The van der Waals surface area contributed by atoms with Crippen LogP contribution in [0.4, 0.5) is 0 Å². The molecule has 1 radical (unpaired) electrons. The van der Waals surface area contributed by atoms with Crippen LogP contribution in [-0.2, 0) is 0 Å². The summed E-state index contributed by atoms with van der Waals surface area (Å²) in [4.78, 5) is 3.77. The SMILES string of the molecule is [CH2][C@@H](O)c1ccc(Cl)nc1. The van der Waals surface area contributed by atoms with Crippen LogP contribution in [0.1, 0.15) is 11.7 Å². The Morgan fingerprint density at radius 2 is 2.30 bits per heavy atom.